The number of ether oxygens (including phenoxy) is 1. The number of rotatable bonds is 34. The summed E-state index contributed by atoms with van der Waals surface area (Å²) < 4.78 is 5.86. The molecular formula is C39H70N2O7. The molecule has 0 radical (unpaired) electrons. The molecule has 278 valence electrons. The molecule has 0 aromatic heterocycles. The highest BCUT2D eigenvalue weighted by atomic mass is 16.5. The van der Waals surface area contributed by atoms with E-state index in [-0.39, 0.29) is 30.9 Å². The van der Waals surface area contributed by atoms with Gasteiger partial charge >= 0.3 is 11.9 Å². The summed E-state index contributed by atoms with van der Waals surface area (Å²) in [5, 5.41) is 22.5. The van der Waals surface area contributed by atoms with E-state index in [0.717, 1.165) is 51.4 Å². The third kappa shape index (κ3) is 30.6. The highest BCUT2D eigenvalue weighted by Gasteiger charge is 2.18. The number of hydrogen-bond donors (Lipinski definition) is 4. The van der Waals surface area contributed by atoms with E-state index in [2.05, 4.69) is 42.7 Å². The molecular weight excluding hydrogens is 608 g/mol. The van der Waals surface area contributed by atoms with Crippen LogP contribution in [0.1, 0.15) is 174 Å². The molecule has 2 atom stereocenters. The summed E-state index contributed by atoms with van der Waals surface area (Å²) in [6.07, 6.45) is 35.1. The van der Waals surface area contributed by atoms with E-state index >= 15 is 0 Å². The van der Waals surface area contributed by atoms with Crippen LogP contribution in [-0.4, -0.2) is 59.3 Å². The maximum absolute atomic E-state index is 12.6. The highest BCUT2D eigenvalue weighted by molar-refractivity contribution is 5.87. The van der Waals surface area contributed by atoms with Gasteiger partial charge in [0.05, 0.1) is 13.2 Å². The maximum Gasteiger partial charge on any atom is 0.328 e. The standard InChI is InChI=1S/C39H70N2O7/c1-3-5-7-9-11-13-14-15-16-17-19-21-27-31-38(45)48-34(28-24-20-18-12-10-8-6-4-2)29-25-22-23-26-30-36(43)40-32-37(44)41-35(33-42)39(46)47/h12,18,24,28,34-35,42H,3-11,13-17,19-23,25-27,29-33H2,1-2H3,(H,40,43)(H,41,44)(H,46,47)/b18-12-,28-24-. The van der Waals surface area contributed by atoms with Crippen molar-refractivity contribution in [2.24, 2.45) is 0 Å². The second-order valence-corrected chi connectivity index (χ2v) is 13.0. The van der Waals surface area contributed by atoms with Crippen LogP contribution in [0.4, 0.5) is 0 Å². The Morgan fingerprint density at radius 3 is 1.77 bits per heavy atom. The molecule has 2 amide bonds. The third-order valence-corrected chi connectivity index (χ3v) is 8.44. The number of unbranched alkanes of at least 4 members (excludes halogenated alkanes) is 18. The fourth-order valence-electron chi connectivity index (χ4n) is 5.43. The zero-order valence-corrected chi connectivity index (χ0v) is 30.5. The van der Waals surface area contributed by atoms with Gasteiger partial charge in [0.1, 0.15) is 12.1 Å². The van der Waals surface area contributed by atoms with Crippen molar-refractivity contribution in [1.29, 1.82) is 0 Å². The number of esters is 1. The molecule has 9 heteroatoms. The van der Waals surface area contributed by atoms with Crippen molar-refractivity contribution in [2.45, 2.75) is 187 Å². The first-order valence-corrected chi connectivity index (χ1v) is 19.2. The molecule has 0 saturated carbocycles. The largest absolute Gasteiger partial charge is 0.480 e. The van der Waals surface area contributed by atoms with Crippen LogP contribution in [0.15, 0.2) is 24.3 Å². The van der Waals surface area contributed by atoms with Crippen molar-refractivity contribution in [3.8, 4) is 0 Å². The molecule has 0 aromatic carbocycles. The summed E-state index contributed by atoms with van der Waals surface area (Å²) in [4.78, 5) is 47.3. The molecule has 2 unspecified atom stereocenters. The Labute approximate surface area is 292 Å². The van der Waals surface area contributed by atoms with Gasteiger partial charge in [0, 0.05) is 12.8 Å². The van der Waals surface area contributed by atoms with E-state index in [0.29, 0.717) is 12.8 Å². The molecule has 0 fully saturated rings. The molecule has 0 rings (SSSR count). The average molecular weight is 679 g/mol. The van der Waals surface area contributed by atoms with E-state index in [9.17, 15) is 19.2 Å². The van der Waals surface area contributed by atoms with Crippen LogP contribution in [-0.2, 0) is 23.9 Å². The number of carbonyl (C=O) groups is 4. The lowest BCUT2D eigenvalue weighted by Gasteiger charge is -2.15. The Kier molecular flexibility index (Phi) is 32.3. The number of aliphatic hydroxyl groups is 1. The second-order valence-electron chi connectivity index (χ2n) is 13.0. The van der Waals surface area contributed by atoms with Crippen LogP contribution in [0.3, 0.4) is 0 Å². The summed E-state index contributed by atoms with van der Waals surface area (Å²) in [6, 6.07) is -1.39. The molecule has 0 aromatic rings. The lowest BCUT2D eigenvalue weighted by atomic mass is 10.0. The fraction of sp³-hybridized carbons (Fsp3) is 0.795. The zero-order chi connectivity index (χ0) is 35.5. The summed E-state index contributed by atoms with van der Waals surface area (Å²) in [5.74, 6) is -2.42. The van der Waals surface area contributed by atoms with Crippen molar-refractivity contribution in [2.75, 3.05) is 13.2 Å². The van der Waals surface area contributed by atoms with E-state index in [1.807, 2.05) is 6.08 Å². The monoisotopic (exact) mass is 679 g/mol. The van der Waals surface area contributed by atoms with Gasteiger partial charge in [0.15, 0.2) is 0 Å². The van der Waals surface area contributed by atoms with Gasteiger partial charge in [0.2, 0.25) is 11.8 Å². The van der Waals surface area contributed by atoms with Gasteiger partial charge in [-0.25, -0.2) is 4.79 Å². The minimum atomic E-state index is -1.39. The molecule has 0 spiro atoms. The Balaban J connectivity index is 4.32. The predicted octanol–water partition coefficient (Wildman–Crippen LogP) is 8.48. The molecule has 0 aliphatic carbocycles. The number of nitrogens with one attached hydrogen (secondary N) is 2. The molecule has 48 heavy (non-hydrogen) atoms. The molecule has 0 heterocycles. The number of aliphatic carboxylic acids is 1. The molecule has 0 aliphatic rings. The minimum absolute atomic E-state index is 0.128. The van der Waals surface area contributed by atoms with Gasteiger partial charge in [-0.15, -0.1) is 0 Å². The van der Waals surface area contributed by atoms with E-state index in [1.165, 1.54) is 89.9 Å². The van der Waals surface area contributed by atoms with E-state index in [1.54, 1.807) is 0 Å². The first-order chi connectivity index (χ1) is 23.3. The lowest BCUT2D eigenvalue weighted by molar-refractivity contribution is -0.147. The van der Waals surface area contributed by atoms with Crippen LogP contribution < -0.4 is 10.6 Å². The van der Waals surface area contributed by atoms with Crippen molar-refractivity contribution in [3.05, 3.63) is 24.3 Å². The van der Waals surface area contributed by atoms with Crippen LogP contribution in [0.25, 0.3) is 0 Å². The maximum atomic E-state index is 12.6. The third-order valence-electron chi connectivity index (χ3n) is 8.44. The first kappa shape index (κ1) is 45.3. The van der Waals surface area contributed by atoms with E-state index < -0.39 is 24.5 Å². The number of carboxylic acids is 1. The van der Waals surface area contributed by atoms with Gasteiger partial charge in [-0.05, 0) is 51.0 Å². The second kappa shape index (κ2) is 34.2. The smallest absolute Gasteiger partial charge is 0.328 e. The SMILES string of the molecule is CCCCC/C=C\C/C=C\C(CCCCCCC(=O)NCC(=O)NC(CO)C(=O)O)OC(=O)CCCCCCCCCCCCCCC. The Bertz CT molecular complexity index is 874. The Morgan fingerprint density at radius 1 is 0.646 bits per heavy atom. The lowest BCUT2D eigenvalue weighted by Crippen LogP contribution is -2.47. The fourth-order valence-corrected chi connectivity index (χ4v) is 5.43. The van der Waals surface area contributed by atoms with Gasteiger partial charge < -0.3 is 25.6 Å². The number of carboxylic acid groups (broad SMARTS) is 1. The minimum Gasteiger partial charge on any atom is -0.480 e. The Morgan fingerprint density at radius 2 is 1.19 bits per heavy atom. The first-order valence-electron chi connectivity index (χ1n) is 19.2. The number of carbonyl (C=O) groups excluding carboxylic acids is 3. The number of aliphatic hydroxyl groups excluding tert-OH is 1. The van der Waals surface area contributed by atoms with Gasteiger partial charge in [-0.3, -0.25) is 14.4 Å². The van der Waals surface area contributed by atoms with Gasteiger partial charge in [-0.1, -0.05) is 135 Å². The number of allylic oxidation sites excluding steroid dienone is 3. The topological polar surface area (TPSA) is 142 Å². The van der Waals surface area contributed by atoms with Gasteiger partial charge in [0.25, 0.3) is 0 Å². The Hall–Kier alpha value is -2.68. The van der Waals surface area contributed by atoms with E-state index in [4.69, 9.17) is 14.9 Å². The summed E-state index contributed by atoms with van der Waals surface area (Å²) in [5.41, 5.74) is 0. The number of amides is 2. The summed E-state index contributed by atoms with van der Waals surface area (Å²) >= 11 is 0. The quantitative estimate of drug-likeness (QED) is 0.0304. The molecule has 9 nitrogen and oxygen atoms in total. The van der Waals surface area contributed by atoms with Crippen molar-refractivity contribution >= 4 is 23.8 Å². The predicted molar refractivity (Wildman–Crippen MR) is 195 cm³/mol. The normalized spacial score (nSPS) is 12.7. The van der Waals surface area contributed by atoms with Crippen molar-refractivity contribution < 1.29 is 34.1 Å². The molecule has 0 bridgehead atoms. The van der Waals surface area contributed by atoms with Crippen LogP contribution in [0, 0.1) is 0 Å². The number of hydrogen-bond acceptors (Lipinski definition) is 6. The van der Waals surface area contributed by atoms with Gasteiger partial charge in [-0.2, -0.15) is 0 Å². The summed E-state index contributed by atoms with van der Waals surface area (Å²) in [7, 11) is 0. The zero-order valence-electron chi connectivity index (χ0n) is 30.5. The van der Waals surface area contributed by atoms with Crippen LogP contribution in [0.2, 0.25) is 0 Å². The van der Waals surface area contributed by atoms with Crippen molar-refractivity contribution in [3.63, 3.8) is 0 Å². The average Bonchev–Trinajstić information content (AvgIpc) is 3.07. The highest BCUT2D eigenvalue weighted by Crippen LogP contribution is 2.15. The molecule has 4 N–H and O–H groups in total. The van der Waals surface area contributed by atoms with Crippen LogP contribution in [0.5, 0.6) is 0 Å². The molecule has 0 aliphatic heterocycles. The molecule has 0 saturated heterocycles. The van der Waals surface area contributed by atoms with Crippen molar-refractivity contribution in [1.82, 2.24) is 10.6 Å². The summed E-state index contributed by atoms with van der Waals surface area (Å²) in [6.45, 7) is 3.40. The van der Waals surface area contributed by atoms with Crippen LogP contribution >= 0.6 is 0 Å².